The average Bonchev–Trinajstić information content (AvgIpc) is 3.17. The van der Waals surface area contributed by atoms with Gasteiger partial charge in [-0.25, -0.2) is 4.98 Å². The number of nitrogens with one attached hydrogen (secondary N) is 1. The van der Waals surface area contributed by atoms with E-state index in [9.17, 15) is 14.7 Å². The van der Waals surface area contributed by atoms with Crippen molar-refractivity contribution in [3.63, 3.8) is 0 Å². The molecule has 1 amide bonds. The summed E-state index contributed by atoms with van der Waals surface area (Å²) in [6, 6.07) is 16.3. The molecule has 1 aromatic heterocycles. The molecule has 0 aliphatic heterocycles. The van der Waals surface area contributed by atoms with Gasteiger partial charge in [-0.2, -0.15) is 0 Å². The maximum Gasteiger partial charge on any atom is 0.310 e. The zero-order valence-corrected chi connectivity index (χ0v) is 17.6. The van der Waals surface area contributed by atoms with E-state index < -0.39 is 11.9 Å². The van der Waals surface area contributed by atoms with Crippen molar-refractivity contribution in [1.82, 2.24) is 10.3 Å². The summed E-state index contributed by atoms with van der Waals surface area (Å²) >= 11 is 0. The molecule has 0 aliphatic carbocycles. The molecule has 0 saturated heterocycles. The van der Waals surface area contributed by atoms with Crippen LogP contribution >= 0.6 is 0 Å². The van der Waals surface area contributed by atoms with Gasteiger partial charge in [-0.3, -0.25) is 9.59 Å². The van der Waals surface area contributed by atoms with Gasteiger partial charge in [0.1, 0.15) is 5.75 Å². The van der Waals surface area contributed by atoms with E-state index in [1.54, 1.807) is 24.3 Å². The van der Waals surface area contributed by atoms with E-state index in [1.165, 1.54) is 7.11 Å². The smallest absolute Gasteiger partial charge is 0.310 e. The molecular formula is C24H26N2O5. The predicted octanol–water partition coefficient (Wildman–Crippen LogP) is 3.44. The summed E-state index contributed by atoms with van der Waals surface area (Å²) in [4.78, 5) is 28.8. The van der Waals surface area contributed by atoms with Crippen molar-refractivity contribution in [2.45, 2.75) is 26.2 Å². The first-order valence-corrected chi connectivity index (χ1v) is 10.1. The first kappa shape index (κ1) is 22.1. The number of carbonyl (C=O) groups excluding carboxylic acids is 2. The van der Waals surface area contributed by atoms with Gasteiger partial charge in [-0.05, 0) is 31.0 Å². The molecule has 1 unspecified atom stereocenters. The average molecular weight is 422 g/mol. The highest BCUT2D eigenvalue weighted by atomic mass is 16.5. The fourth-order valence-corrected chi connectivity index (χ4v) is 3.28. The van der Waals surface area contributed by atoms with Crippen molar-refractivity contribution in [3.05, 3.63) is 71.7 Å². The summed E-state index contributed by atoms with van der Waals surface area (Å²) in [5.41, 5.74) is 2.59. The monoisotopic (exact) mass is 422 g/mol. The Morgan fingerprint density at radius 3 is 2.52 bits per heavy atom. The van der Waals surface area contributed by atoms with Gasteiger partial charge in [-0.15, -0.1) is 0 Å². The highest BCUT2D eigenvalue weighted by molar-refractivity contribution is 5.78. The lowest BCUT2D eigenvalue weighted by Crippen LogP contribution is -2.34. The minimum atomic E-state index is -0.521. The summed E-state index contributed by atoms with van der Waals surface area (Å²) in [6.45, 7) is 2.03. The minimum Gasteiger partial charge on any atom is -0.508 e. The number of ether oxygens (including phenoxy) is 1. The molecule has 2 aromatic carbocycles. The lowest BCUT2D eigenvalue weighted by Gasteiger charge is -2.15. The Labute approximate surface area is 181 Å². The fourth-order valence-electron chi connectivity index (χ4n) is 3.28. The zero-order chi connectivity index (χ0) is 22.2. The highest BCUT2D eigenvalue weighted by Crippen LogP contribution is 2.24. The molecule has 7 heteroatoms. The van der Waals surface area contributed by atoms with Crippen LogP contribution in [0.3, 0.4) is 0 Å². The van der Waals surface area contributed by atoms with Crippen molar-refractivity contribution < 1.29 is 23.8 Å². The van der Waals surface area contributed by atoms with E-state index in [-0.39, 0.29) is 24.6 Å². The van der Waals surface area contributed by atoms with E-state index in [4.69, 9.17) is 9.15 Å². The second-order valence-electron chi connectivity index (χ2n) is 7.28. The van der Waals surface area contributed by atoms with Gasteiger partial charge in [0.25, 0.3) is 0 Å². The van der Waals surface area contributed by atoms with Gasteiger partial charge in [0.15, 0.2) is 11.7 Å². The Balaban J connectivity index is 1.53. The van der Waals surface area contributed by atoms with E-state index in [0.29, 0.717) is 24.5 Å². The fraction of sp³-hybridized carbons (Fsp3) is 0.292. The molecule has 0 aliphatic rings. The third-order valence-corrected chi connectivity index (χ3v) is 4.94. The van der Waals surface area contributed by atoms with Crippen LogP contribution in [0.25, 0.3) is 11.3 Å². The number of carbonyl (C=O) groups is 2. The van der Waals surface area contributed by atoms with Gasteiger partial charge in [0.05, 0.1) is 18.7 Å². The lowest BCUT2D eigenvalue weighted by molar-refractivity contribution is -0.145. The van der Waals surface area contributed by atoms with Crippen molar-refractivity contribution in [1.29, 1.82) is 0 Å². The molecule has 2 N–H and O–H groups in total. The van der Waals surface area contributed by atoms with Crippen LogP contribution in [-0.2, 0) is 27.2 Å². The number of rotatable bonds is 9. The first-order chi connectivity index (χ1) is 15.0. The molecule has 162 valence electrons. The van der Waals surface area contributed by atoms with Gasteiger partial charge >= 0.3 is 5.97 Å². The molecule has 0 radical (unpaired) electrons. The van der Waals surface area contributed by atoms with E-state index in [2.05, 4.69) is 10.3 Å². The first-order valence-electron chi connectivity index (χ1n) is 10.1. The van der Waals surface area contributed by atoms with Crippen LogP contribution in [0, 0.1) is 12.8 Å². The predicted molar refractivity (Wildman–Crippen MR) is 115 cm³/mol. The molecule has 1 atom stereocenters. The number of aromatic hydroxyl groups is 1. The maximum absolute atomic E-state index is 12.3. The summed E-state index contributed by atoms with van der Waals surface area (Å²) in [5.74, 6) is 0.243. The van der Waals surface area contributed by atoms with Crippen molar-refractivity contribution in [2.24, 2.45) is 5.92 Å². The molecule has 7 nitrogen and oxygen atoms in total. The minimum absolute atomic E-state index is 0.156. The number of hydrogen-bond donors (Lipinski definition) is 2. The number of phenols is 1. The number of nitrogens with zero attached hydrogens (tertiary/aromatic N) is 1. The van der Waals surface area contributed by atoms with Crippen LogP contribution in [0.2, 0.25) is 0 Å². The Morgan fingerprint density at radius 1 is 1.13 bits per heavy atom. The molecule has 0 bridgehead atoms. The molecule has 3 aromatic rings. The molecular weight excluding hydrogens is 396 g/mol. The molecule has 0 spiro atoms. The number of oxazole rings is 1. The molecule has 3 rings (SSSR count). The normalized spacial score (nSPS) is 11.7. The summed E-state index contributed by atoms with van der Waals surface area (Å²) < 4.78 is 10.7. The van der Waals surface area contributed by atoms with Crippen LogP contribution in [0.5, 0.6) is 5.75 Å². The van der Waals surface area contributed by atoms with Gasteiger partial charge in [0, 0.05) is 24.9 Å². The number of hydrogen-bond acceptors (Lipinski definition) is 6. The topological polar surface area (TPSA) is 102 Å². The van der Waals surface area contributed by atoms with Crippen molar-refractivity contribution >= 4 is 11.9 Å². The van der Waals surface area contributed by atoms with Gasteiger partial charge in [-0.1, -0.05) is 42.5 Å². The molecule has 0 saturated carbocycles. The number of aromatic nitrogens is 1. The molecule has 31 heavy (non-hydrogen) atoms. The van der Waals surface area contributed by atoms with Crippen LogP contribution < -0.4 is 5.32 Å². The lowest BCUT2D eigenvalue weighted by atomic mass is 9.99. The largest absolute Gasteiger partial charge is 0.508 e. The summed E-state index contributed by atoms with van der Waals surface area (Å²) in [6.07, 6.45) is 0.953. The number of esters is 1. The van der Waals surface area contributed by atoms with E-state index in [1.807, 2.05) is 37.3 Å². The number of methoxy groups -OCH3 is 1. The third kappa shape index (κ3) is 6.18. The Bertz CT molecular complexity index is 1010. The summed E-state index contributed by atoms with van der Waals surface area (Å²) in [5, 5.41) is 12.2. The molecule has 0 fully saturated rings. The van der Waals surface area contributed by atoms with Crippen LogP contribution in [0.4, 0.5) is 0 Å². The summed E-state index contributed by atoms with van der Waals surface area (Å²) in [7, 11) is 1.32. The number of aryl methyl sites for hydroxylation is 2. The highest BCUT2D eigenvalue weighted by Gasteiger charge is 2.21. The van der Waals surface area contributed by atoms with Crippen molar-refractivity contribution in [3.8, 4) is 17.1 Å². The van der Waals surface area contributed by atoms with Crippen LogP contribution in [-0.4, -0.2) is 35.6 Å². The Morgan fingerprint density at radius 2 is 1.84 bits per heavy atom. The van der Waals surface area contributed by atoms with Crippen LogP contribution in [0.1, 0.15) is 23.6 Å². The van der Waals surface area contributed by atoms with Crippen molar-refractivity contribution in [2.75, 3.05) is 13.7 Å². The number of amides is 1. The Hall–Kier alpha value is -3.61. The number of benzene rings is 2. The van der Waals surface area contributed by atoms with Gasteiger partial charge in [0.2, 0.25) is 5.91 Å². The van der Waals surface area contributed by atoms with Gasteiger partial charge < -0.3 is 19.6 Å². The quantitative estimate of drug-likeness (QED) is 0.512. The maximum atomic E-state index is 12.3. The second-order valence-corrected chi connectivity index (χ2v) is 7.28. The number of phenolic OH excluding ortho intramolecular Hbond substituents is 1. The standard InChI is InChI=1S/C24H26N2O5/c1-16-23(18-6-4-3-5-7-18)31-22(26-16)13-12-21(28)25-15-19(24(29)30-2)14-17-8-10-20(27)11-9-17/h3-11,19,27H,12-15H2,1-2H3,(H,25,28). The van der Waals surface area contributed by atoms with E-state index in [0.717, 1.165) is 16.8 Å². The van der Waals surface area contributed by atoms with E-state index >= 15 is 0 Å². The SMILES string of the molecule is COC(=O)C(CNC(=O)CCc1nc(C)c(-c2ccccc2)o1)Cc1ccc(O)cc1. The molecule has 1 heterocycles. The van der Waals surface area contributed by atoms with Crippen LogP contribution in [0.15, 0.2) is 59.0 Å². The third-order valence-electron chi connectivity index (χ3n) is 4.94. The zero-order valence-electron chi connectivity index (χ0n) is 17.6. The Kier molecular flexibility index (Phi) is 7.43. The second kappa shape index (κ2) is 10.4.